The quantitative estimate of drug-likeness (QED) is 0.300. The van der Waals surface area contributed by atoms with Crippen molar-refractivity contribution in [1.29, 1.82) is 0 Å². The van der Waals surface area contributed by atoms with Crippen LogP contribution in [0.4, 0.5) is 4.79 Å². The topological polar surface area (TPSA) is 126 Å². The number of unbranched alkanes of at least 4 members (excludes halogenated alkanes) is 1. The van der Waals surface area contributed by atoms with Gasteiger partial charge in [0.2, 0.25) is 0 Å². The second-order valence-electron chi connectivity index (χ2n) is 8.85. The minimum Gasteiger partial charge on any atom is -0.463 e. The molecule has 12 heteroatoms. The van der Waals surface area contributed by atoms with E-state index in [1.165, 1.54) is 16.1 Å². The van der Waals surface area contributed by atoms with Crippen molar-refractivity contribution in [3.63, 3.8) is 0 Å². The third kappa shape index (κ3) is 7.18. The fourth-order valence-electron chi connectivity index (χ4n) is 3.37. The Hall–Kier alpha value is -2.63. The van der Waals surface area contributed by atoms with Gasteiger partial charge in [-0.1, -0.05) is 0 Å². The molecule has 0 saturated carbocycles. The molecule has 2 rings (SSSR count). The first-order chi connectivity index (χ1) is 15.3. The van der Waals surface area contributed by atoms with Crippen molar-refractivity contribution in [2.75, 3.05) is 6.54 Å². The number of fused-ring (bicyclic) bond motifs is 1. The van der Waals surface area contributed by atoms with E-state index in [1.54, 1.807) is 39.3 Å². The highest BCUT2D eigenvalue weighted by Crippen LogP contribution is 2.16. The molecule has 11 nitrogen and oxygen atoms in total. The highest BCUT2D eigenvalue weighted by molar-refractivity contribution is 9.10. The van der Waals surface area contributed by atoms with Crippen molar-refractivity contribution >= 4 is 39.2 Å². The predicted molar refractivity (Wildman–Crippen MR) is 126 cm³/mol. The Morgan fingerprint density at radius 3 is 2.42 bits per heavy atom. The standard InChI is InChI=1S/C21H32BrN5O6/c1-13(32-14(2)28)9-7-8-11-27-17(29)15-16(25(6)20(27)31)24-18(22)26(15)12-10-23-19(30)33-21(3,4)5/h13H,7-12H2,1-6H3,(H,23,30). The molecule has 0 aromatic carbocycles. The van der Waals surface area contributed by atoms with E-state index in [0.29, 0.717) is 24.0 Å². The monoisotopic (exact) mass is 529 g/mol. The summed E-state index contributed by atoms with van der Waals surface area (Å²) in [4.78, 5) is 53.2. The molecule has 0 spiro atoms. The van der Waals surface area contributed by atoms with E-state index in [2.05, 4.69) is 26.2 Å². The first-order valence-corrected chi connectivity index (χ1v) is 11.6. The first-order valence-electron chi connectivity index (χ1n) is 10.8. The normalized spacial score (nSPS) is 12.6. The number of amides is 1. The molecule has 0 radical (unpaired) electrons. The van der Waals surface area contributed by atoms with E-state index in [1.807, 2.05) is 0 Å². The van der Waals surface area contributed by atoms with Crippen molar-refractivity contribution < 1.29 is 19.1 Å². The first kappa shape index (κ1) is 26.6. The minimum absolute atomic E-state index is 0.204. The van der Waals surface area contributed by atoms with Gasteiger partial charge in [0, 0.05) is 33.6 Å². The van der Waals surface area contributed by atoms with E-state index < -0.39 is 22.9 Å². The summed E-state index contributed by atoms with van der Waals surface area (Å²) in [7, 11) is 1.56. The number of halogens is 1. The van der Waals surface area contributed by atoms with E-state index in [0.717, 1.165) is 0 Å². The van der Waals surface area contributed by atoms with Gasteiger partial charge in [-0.2, -0.15) is 0 Å². The zero-order valence-corrected chi connectivity index (χ0v) is 21.5. The second kappa shape index (κ2) is 11.0. The zero-order chi connectivity index (χ0) is 24.9. The van der Waals surface area contributed by atoms with Crippen molar-refractivity contribution in [2.45, 2.75) is 78.7 Å². The maximum absolute atomic E-state index is 13.2. The Morgan fingerprint density at radius 1 is 1.15 bits per heavy atom. The highest BCUT2D eigenvalue weighted by Gasteiger charge is 2.20. The van der Waals surface area contributed by atoms with E-state index >= 15 is 0 Å². The Balaban J connectivity index is 2.18. The fraction of sp³-hybridized carbons (Fsp3) is 0.667. The molecule has 2 heterocycles. The number of carbonyl (C=O) groups is 2. The smallest absolute Gasteiger partial charge is 0.407 e. The Labute approximate surface area is 200 Å². The molecule has 0 aliphatic carbocycles. The molecule has 0 saturated heterocycles. The third-order valence-corrected chi connectivity index (χ3v) is 5.40. The molecule has 0 aliphatic heterocycles. The number of imidazole rings is 1. The summed E-state index contributed by atoms with van der Waals surface area (Å²) in [5.41, 5.74) is -0.993. The van der Waals surface area contributed by atoms with Crippen LogP contribution in [0, 0.1) is 0 Å². The van der Waals surface area contributed by atoms with Gasteiger partial charge >= 0.3 is 17.8 Å². The lowest BCUT2D eigenvalue weighted by Crippen LogP contribution is -2.40. The molecule has 2 aromatic rings. The number of hydrogen-bond acceptors (Lipinski definition) is 7. The van der Waals surface area contributed by atoms with Crippen molar-refractivity contribution in [3.05, 3.63) is 25.6 Å². The average molecular weight is 530 g/mol. The summed E-state index contributed by atoms with van der Waals surface area (Å²) in [6.45, 7) is 9.16. The lowest BCUT2D eigenvalue weighted by Gasteiger charge is -2.19. The molecule has 1 unspecified atom stereocenters. The van der Waals surface area contributed by atoms with E-state index in [-0.39, 0.29) is 42.9 Å². The largest absolute Gasteiger partial charge is 0.463 e. The lowest BCUT2D eigenvalue weighted by atomic mass is 10.2. The van der Waals surface area contributed by atoms with Crippen molar-refractivity contribution in [3.8, 4) is 0 Å². The third-order valence-electron chi connectivity index (χ3n) is 4.80. The number of aromatic nitrogens is 4. The summed E-state index contributed by atoms with van der Waals surface area (Å²) < 4.78 is 14.8. The predicted octanol–water partition coefficient (Wildman–Crippen LogP) is 2.31. The molecule has 0 bridgehead atoms. The van der Waals surface area contributed by atoms with Gasteiger partial charge in [0.25, 0.3) is 5.56 Å². The molecule has 184 valence electrons. The van der Waals surface area contributed by atoms with Gasteiger partial charge in [-0.25, -0.2) is 14.6 Å². The molecule has 0 aliphatic rings. The summed E-state index contributed by atoms with van der Waals surface area (Å²) in [6, 6.07) is 0. The highest BCUT2D eigenvalue weighted by atomic mass is 79.9. The number of hydrogen-bond donors (Lipinski definition) is 1. The molecular weight excluding hydrogens is 498 g/mol. The van der Waals surface area contributed by atoms with Crippen LogP contribution in [0.5, 0.6) is 0 Å². The maximum atomic E-state index is 13.2. The zero-order valence-electron chi connectivity index (χ0n) is 19.9. The number of aryl methyl sites for hydroxylation is 1. The van der Waals surface area contributed by atoms with Gasteiger partial charge in [0.05, 0.1) is 6.10 Å². The van der Waals surface area contributed by atoms with Crippen LogP contribution >= 0.6 is 15.9 Å². The Bertz CT molecular complexity index is 1130. The Kier molecular flexibility index (Phi) is 8.87. The number of nitrogens with zero attached hydrogens (tertiary/aromatic N) is 4. The molecule has 1 amide bonds. The van der Waals surface area contributed by atoms with E-state index in [9.17, 15) is 19.2 Å². The maximum Gasteiger partial charge on any atom is 0.407 e. The molecule has 1 atom stereocenters. The van der Waals surface area contributed by atoms with E-state index in [4.69, 9.17) is 9.47 Å². The van der Waals surface area contributed by atoms with Gasteiger partial charge < -0.3 is 19.4 Å². The van der Waals surface area contributed by atoms with Gasteiger partial charge in [-0.15, -0.1) is 0 Å². The van der Waals surface area contributed by atoms with Gasteiger partial charge in [0.15, 0.2) is 15.9 Å². The summed E-state index contributed by atoms with van der Waals surface area (Å²) in [5, 5.41) is 2.65. The van der Waals surface area contributed by atoms with Crippen molar-refractivity contribution in [1.82, 2.24) is 24.0 Å². The van der Waals surface area contributed by atoms with Gasteiger partial charge in [-0.3, -0.25) is 18.7 Å². The van der Waals surface area contributed by atoms with Crippen LogP contribution in [0.1, 0.15) is 53.9 Å². The van der Waals surface area contributed by atoms with Crippen LogP contribution in [-0.2, 0) is 34.4 Å². The van der Waals surface area contributed by atoms with Crippen LogP contribution in [0.25, 0.3) is 11.2 Å². The minimum atomic E-state index is -0.617. The van der Waals surface area contributed by atoms with Crippen molar-refractivity contribution in [2.24, 2.45) is 7.05 Å². The summed E-state index contributed by atoms with van der Waals surface area (Å²) in [5.74, 6) is -0.335. The number of rotatable bonds is 9. The molecule has 1 N–H and O–H groups in total. The van der Waals surface area contributed by atoms with Crippen LogP contribution in [0.15, 0.2) is 14.3 Å². The second-order valence-corrected chi connectivity index (χ2v) is 9.56. The SMILES string of the molecule is CC(=O)OC(C)CCCCn1c(=O)c2c(nc(Br)n2CCNC(=O)OC(C)(C)C)n(C)c1=O. The number of ether oxygens (including phenoxy) is 2. The van der Waals surface area contributed by atoms with Crippen LogP contribution < -0.4 is 16.6 Å². The van der Waals surface area contributed by atoms with Crippen LogP contribution in [0.3, 0.4) is 0 Å². The van der Waals surface area contributed by atoms with Crippen LogP contribution in [-0.4, -0.2) is 49.0 Å². The number of esters is 1. The molecular formula is C21H32BrN5O6. The lowest BCUT2D eigenvalue weighted by molar-refractivity contribution is -0.145. The molecule has 0 fully saturated rings. The summed E-state index contributed by atoms with van der Waals surface area (Å²) >= 11 is 3.35. The van der Waals surface area contributed by atoms with Gasteiger partial charge in [-0.05, 0) is 62.9 Å². The number of nitrogens with one attached hydrogen (secondary N) is 1. The number of alkyl carbamates (subject to hydrolysis) is 1. The average Bonchev–Trinajstić information content (AvgIpc) is 3.00. The number of carbonyl (C=O) groups excluding carboxylic acids is 2. The Morgan fingerprint density at radius 2 is 1.82 bits per heavy atom. The molecule has 2 aromatic heterocycles. The van der Waals surface area contributed by atoms with Gasteiger partial charge in [0.1, 0.15) is 5.60 Å². The fourth-order valence-corrected chi connectivity index (χ4v) is 3.90. The molecule has 33 heavy (non-hydrogen) atoms. The summed E-state index contributed by atoms with van der Waals surface area (Å²) in [6.07, 6.45) is 1.11. The van der Waals surface area contributed by atoms with Crippen LogP contribution in [0.2, 0.25) is 0 Å².